The van der Waals surface area contributed by atoms with E-state index < -0.39 is 5.97 Å². The topological polar surface area (TPSA) is 80.3 Å². The van der Waals surface area contributed by atoms with Crippen LogP contribution in [0.3, 0.4) is 0 Å². The summed E-state index contributed by atoms with van der Waals surface area (Å²) >= 11 is 2.72. The van der Waals surface area contributed by atoms with Crippen LogP contribution < -0.4 is 10.6 Å². The number of carbonyl (C=O) groups is 2. The second-order valence-corrected chi connectivity index (χ2v) is 6.88. The van der Waals surface area contributed by atoms with Gasteiger partial charge >= 0.3 is 5.97 Å². The fourth-order valence-electron chi connectivity index (χ4n) is 1.98. The third-order valence-corrected chi connectivity index (χ3v) is 5.08. The highest BCUT2D eigenvalue weighted by molar-refractivity contribution is 7.29. The number of benzene rings is 1. The van der Waals surface area contributed by atoms with Crippen LogP contribution in [0.2, 0.25) is 0 Å². The van der Waals surface area contributed by atoms with Crippen molar-refractivity contribution in [1.29, 1.82) is 0 Å². The Balaban J connectivity index is 1.66. The molecule has 0 aliphatic rings. The van der Waals surface area contributed by atoms with Gasteiger partial charge in [-0.3, -0.25) is 4.79 Å². The lowest BCUT2D eigenvalue weighted by atomic mass is 10.3. The molecule has 0 saturated carbocycles. The van der Waals surface area contributed by atoms with Crippen molar-refractivity contribution < 1.29 is 14.3 Å². The third kappa shape index (κ3) is 3.90. The summed E-state index contributed by atoms with van der Waals surface area (Å²) in [7, 11) is 0. The molecule has 24 heavy (non-hydrogen) atoms. The van der Waals surface area contributed by atoms with Gasteiger partial charge in [-0.05, 0) is 25.1 Å². The van der Waals surface area contributed by atoms with Gasteiger partial charge < -0.3 is 15.4 Å². The second-order valence-electron chi connectivity index (χ2n) is 4.82. The summed E-state index contributed by atoms with van der Waals surface area (Å²) in [5, 5.41) is 6.57. The molecule has 0 atom stereocenters. The van der Waals surface area contributed by atoms with E-state index in [2.05, 4.69) is 15.6 Å². The average molecular weight is 361 g/mol. The summed E-state index contributed by atoms with van der Waals surface area (Å²) in [5.74, 6) is -0.814. The molecule has 2 N–H and O–H groups in total. The normalized spacial score (nSPS) is 10.5. The Bertz CT molecular complexity index is 826. The van der Waals surface area contributed by atoms with Gasteiger partial charge in [0.2, 0.25) is 0 Å². The molecule has 124 valence electrons. The van der Waals surface area contributed by atoms with Crippen LogP contribution in [0.1, 0.15) is 16.6 Å². The fraction of sp³-hybridized carbons (Fsp3) is 0.188. The maximum atomic E-state index is 12.0. The smallest absolute Gasteiger partial charge is 0.348 e. The van der Waals surface area contributed by atoms with E-state index in [-0.39, 0.29) is 12.5 Å². The lowest BCUT2D eigenvalue weighted by Crippen LogP contribution is -2.28. The van der Waals surface area contributed by atoms with E-state index in [0.29, 0.717) is 11.4 Å². The molecule has 6 nitrogen and oxygen atoms in total. The van der Waals surface area contributed by atoms with Gasteiger partial charge in [-0.15, -0.1) is 11.3 Å². The van der Waals surface area contributed by atoms with Gasteiger partial charge in [-0.25, -0.2) is 9.78 Å². The molecule has 2 heterocycles. The number of rotatable bonds is 6. The van der Waals surface area contributed by atoms with Gasteiger partial charge in [0.1, 0.15) is 9.71 Å². The van der Waals surface area contributed by atoms with Crippen molar-refractivity contribution in [3.8, 4) is 0 Å². The number of hydrogen-bond acceptors (Lipinski definition) is 7. The number of amides is 1. The van der Waals surface area contributed by atoms with Gasteiger partial charge in [0.05, 0.1) is 4.70 Å². The van der Waals surface area contributed by atoms with Crippen LogP contribution in [-0.2, 0) is 9.53 Å². The van der Waals surface area contributed by atoms with E-state index in [0.717, 1.165) is 20.3 Å². The minimum atomic E-state index is -0.506. The maximum absolute atomic E-state index is 12.0. The van der Waals surface area contributed by atoms with Crippen LogP contribution >= 0.6 is 22.7 Å². The van der Waals surface area contributed by atoms with Crippen molar-refractivity contribution in [1.82, 2.24) is 10.3 Å². The van der Waals surface area contributed by atoms with Gasteiger partial charge in [0, 0.05) is 12.2 Å². The number of thiophene rings is 1. The van der Waals surface area contributed by atoms with Crippen LogP contribution in [0.4, 0.5) is 10.8 Å². The molecule has 0 fully saturated rings. The van der Waals surface area contributed by atoms with E-state index in [1.54, 1.807) is 13.0 Å². The monoisotopic (exact) mass is 361 g/mol. The second kappa shape index (κ2) is 7.41. The van der Waals surface area contributed by atoms with Gasteiger partial charge in [0.25, 0.3) is 5.91 Å². The Kier molecular flexibility index (Phi) is 5.07. The summed E-state index contributed by atoms with van der Waals surface area (Å²) in [4.78, 5) is 29.0. The number of ether oxygens (including phenoxy) is 1. The van der Waals surface area contributed by atoms with Gasteiger partial charge in [-0.2, -0.15) is 0 Å². The Morgan fingerprint density at radius 3 is 2.71 bits per heavy atom. The zero-order valence-electron chi connectivity index (χ0n) is 12.9. The molecule has 3 aromatic rings. The van der Waals surface area contributed by atoms with E-state index >= 15 is 0 Å². The first-order valence-electron chi connectivity index (χ1n) is 7.32. The van der Waals surface area contributed by atoms with Crippen LogP contribution in [0, 0.1) is 0 Å². The molecule has 0 aliphatic carbocycles. The van der Waals surface area contributed by atoms with Crippen molar-refractivity contribution in [2.45, 2.75) is 6.92 Å². The lowest BCUT2D eigenvalue weighted by molar-refractivity contribution is -0.124. The number of esters is 1. The quantitative estimate of drug-likeness (QED) is 0.658. The van der Waals surface area contributed by atoms with E-state index in [1.807, 2.05) is 30.3 Å². The first-order valence-corrected chi connectivity index (χ1v) is 8.95. The highest BCUT2D eigenvalue weighted by Crippen LogP contribution is 2.34. The Morgan fingerprint density at radius 2 is 2.00 bits per heavy atom. The van der Waals surface area contributed by atoms with Crippen molar-refractivity contribution in [3.05, 3.63) is 41.3 Å². The molecule has 0 saturated heterocycles. The Morgan fingerprint density at radius 1 is 1.21 bits per heavy atom. The van der Waals surface area contributed by atoms with Gasteiger partial charge in [0.15, 0.2) is 11.7 Å². The third-order valence-electron chi connectivity index (χ3n) is 3.02. The first kappa shape index (κ1) is 16.4. The van der Waals surface area contributed by atoms with E-state index in [9.17, 15) is 9.59 Å². The summed E-state index contributed by atoms with van der Waals surface area (Å²) in [6.07, 6.45) is 0. The minimum absolute atomic E-state index is 0.271. The van der Waals surface area contributed by atoms with Crippen molar-refractivity contribution >= 4 is 54.9 Å². The molecule has 1 amide bonds. The zero-order chi connectivity index (χ0) is 16.9. The predicted octanol–water partition coefficient (Wildman–Crippen LogP) is 3.39. The molecular weight excluding hydrogens is 346 g/mol. The molecule has 2 aromatic heterocycles. The molecule has 0 radical (unpaired) electrons. The largest absolute Gasteiger partial charge is 0.451 e. The standard InChI is InChI=1S/C16H15N3O3S2/c1-2-17-13(20)9-22-15(21)12-8-11-14(23-12)19-16(24-11)18-10-6-4-3-5-7-10/h3-8H,2,9H2,1H3,(H,17,20)(H,18,19). The molecule has 0 spiro atoms. The Labute approximate surface area is 146 Å². The maximum Gasteiger partial charge on any atom is 0.348 e. The van der Waals surface area contributed by atoms with Crippen LogP contribution in [0.25, 0.3) is 9.53 Å². The molecule has 0 bridgehead atoms. The molecule has 1 aromatic carbocycles. The molecule has 0 unspecified atom stereocenters. The number of para-hydroxylation sites is 1. The van der Waals surface area contributed by atoms with E-state index in [1.165, 1.54) is 22.7 Å². The zero-order valence-corrected chi connectivity index (χ0v) is 14.5. The summed E-state index contributed by atoms with van der Waals surface area (Å²) in [5.41, 5.74) is 0.959. The Hall–Kier alpha value is -2.45. The fourth-order valence-corrected chi connectivity index (χ4v) is 4.01. The lowest BCUT2D eigenvalue weighted by Gasteiger charge is -2.03. The number of hydrogen-bond donors (Lipinski definition) is 2. The highest BCUT2D eigenvalue weighted by Gasteiger charge is 2.16. The van der Waals surface area contributed by atoms with Crippen molar-refractivity contribution in [3.63, 3.8) is 0 Å². The van der Waals surface area contributed by atoms with Crippen LogP contribution in [0.5, 0.6) is 0 Å². The number of carbonyl (C=O) groups excluding carboxylic acids is 2. The number of anilines is 2. The summed E-state index contributed by atoms with van der Waals surface area (Å²) in [6.45, 7) is 2.04. The average Bonchev–Trinajstić information content (AvgIpc) is 3.12. The number of nitrogens with one attached hydrogen (secondary N) is 2. The highest BCUT2D eigenvalue weighted by atomic mass is 32.1. The van der Waals surface area contributed by atoms with Crippen LogP contribution in [0.15, 0.2) is 36.4 Å². The summed E-state index contributed by atoms with van der Waals surface area (Å²) < 4.78 is 5.89. The minimum Gasteiger partial charge on any atom is -0.451 e. The molecule has 3 rings (SSSR count). The van der Waals surface area contributed by atoms with E-state index in [4.69, 9.17) is 4.74 Å². The molecule has 8 heteroatoms. The molecular formula is C16H15N3O3S2. The molecule has 0 aliphatic heterocycles. The van der Waals surface area contributed by atoms with Crippen molar-refractivity contribution in [2.75, 3.05) is 18.5 Å². The predicted molar refractivity (Wildman–Crippen MR) is 96.2 cm³/mol. The number of thiazole rings is 1. The SMILES string of the molecule is CCNC(=O)COC(=O)c1cc2sc(Nc3ccccc3)nc2s1. The number of fused-ring (bicyclic) bond motifs is 1. The van der Waals surface area contributed by atoms with Crippen molar-refractivity contribution in [2.24, 2.45) is 0 Å². The number of nitrogens with zero attached hydrogens (tertiary/aromatic N) is 1. The number of aromatic nitrogens is 1. The van der Waals surface area contributed by atoms with Crippen LogP contribution in [-0.4, -0.2) is 30.0 Å². The van der Waals surface area contributed by atoms with Gasteiger partial charge in [-0.1, -0.05) is 29.5 Å². The first-order chi connectivity index (χ1) is 11.7. The summed E-state index contributed by atoms with van der Waals surface area (Å²) in [6, 6.07) is 11.5. The number of likely N-dealkylation sites (N-methyl/N-ethyl adjacent to an activating group) is 1.